The standard InChI is InChI=1S/C18H21N5O2/c1-11(2)17-20-16(21-25-17)14-5-4-7-23(14)18(24)13-6-8-22-12(3)10-19-15(22)9-13/h6,8-11,14H,4-5,7H2,1-3H3/t14-/m0/s1. The second-order valence-corrected chi connectivity index (χ2v) is 6.85. The summed E-state index contributed by atoms with van der Waals surface area (Å²) in [6.45, 7) is 6.71. The third-order valence-electron chi connectivity index (χ3n) is 4.71. The van der Waals surface area contributed by atoms with Crippen LogP contribution in [0.5, 0.6) is 0 Å². The number of aryl methyl sites for hydroxylation is 1. The van der Waals surface area contributed by atoms with Crippen molar-refractivity contribution < 1.29 is 9.32 Å². The number of imidazole rings is 1. The molecule has 7 nitrogen and oxygen atoms in total. The van der Waals surface area contributed by atoms with Crippen molar-refractivity contribution >= 4 is 11.6 Å². The van der Waals surface area contributed by atoms with Gasteiger partial charge in [0.05, 0.1) is 6.04 Å². The second-order valence-electron chi connectivity index (χ2n) is 6.85. The zero-order valence-electron chi connectivity index (χ0n) is 14.6. The SMILES string of the molecule is Cc1cnc2cc(C(=O)N3CCC[C@H]3c3noc(C(C)C)n3)ccn12. The Morgan fingerprint density at radius 1 is 1.40 bits per heavy atom. The van der Waals surface area contributed by atoms with Crippen molar-refractivity contribution in [1.29, 1.82) is 0 Å². The van der Waals surface area contributed by atoms with Gasteiger partial charge >= 0.3 is 0 Å². The number of rotatable bonds is 3. The van der Waals surface area contributed by atoms with Gasteiger partial charge in [-0.05, 0) is 31.9 Å². The van der Waals surface area contributed by atoms with E-state index in [1.54, 1.807) is 6.20 Å². The summed E-state index contributed by atoms with van der Waals surface area (Å²) >= 11 is 0. The molecule has 4 heterocycles. The van der Waals surface area contributed by atoms with Crippen LogP contribution in [0.3, 0.4) is 0 Å². The first-order valence-electron chi connectivity index (χ1n) is 8.63. The number of carbonyl (C=O) groups excluding carboxylic acids is 1. The molecule has 1 saturated heterocycles. The third kappa shape index (κ3) is 2.69. The average molecular weight is 339 g/mol. The van der Waals surface area contributed by atoms with Crippen LogP contribution in [-0.2, 0) is 0 Å². The van der Waals surface area contributed by atoms with E-state index in [4.69, 9.17) is 4.52 Å². The molecule has 0 saturated carbocycles. The fraction of sp³-hybridized carbons (Fsp3) is 0.444. The average Bonchev–Trinajstić information content (AvgIpc) is 3.33. The van der Waals surface area contributed by atoms with Crippen LogP contribution < -0.4 is 0 Å². The molecule has 0 aliphatic carbocycles. The van der Waals surface area contributed by atoms with Crippen molar-refractivity contribution in [1.82, 2.24) is 24.4 Å². The van der Waals surface area contributed by atoms with Gasteiger partial charge in [-0.3, -0.25) is 4.79 Å². The highest BCUT2D eigenvalue weighted by molar-refractivity contribution is 5.95. The molecule has 130 valence electrons. The fourth-order valence-corrected chi connectivity index (χ4v) is 3.30. The summed E-state index contributed by atoms with van der Waals surface area (Å²) in [4.78, 5) is 23.7. The molecular weight excluding hydrogens is 318 g/mol. The van der Waals surface area contributed by atoms with Gasteiger partial charge in [0.25, 0.3) is 5.91 Å². The predicted octanol–water partition coefficient (Wildman–Crippen LogP) is 3.13. The monoisotopic (exact) mass is 339 g/mol. The van der Waals surface area contributed by atoms with Gasteiger partial charge in [-0.25, -0.2) is 4.98 Å². The number of hydrogen-bond donors (Lipinski definition) is 0. The highest BCUT2D eigenvalue weighted by Crippen LogP contribution is 2.32. The Morgan fingerprint density at radius 3 is 3.00 bits per heavy atom. The molecular formula is C18H21N5O2. The Hall–Kier alpha value is -2.70. The van der Waals surface area contributed by atoms with Gasteiger partial charge < -0.3 is 13.8 Å². The van der Waals surface area contributed by atoms with Crippen molar-refractivity contribution in [2.75, 3.05) is 6.54 Å². The Kier molecular flexibility index (Phi) is 3.78. The van der Waals surface area contributed by atoms with Gasteiger partial charge in [0, 0.05) is 36.1 Å². The van der Waals surface area contributed by atoms with Gasteiger partial charge in [-0.2, -0.15) is 4.98 Å². The summed E-state index contributed by atoms with van der Waals surface area (Å²) < 4.78 is 7.28. The van der Waals surface area contributed by atoms with Crippen molar-refractivity contribution in [2.45, 2.75) is 45.6 Å². The van der Waals surface area contributed by atoms with Gasteiger partial charge in [-0.15, -0.1) is 0 Å². The van der Waals surface area contributed by atoms with Crippen molar-refractivity contribution in [3.05, 3.63) is 47.5 Å². The lowest BCUT2D eigenvalue weighted by molar-refractivity contribution is 0.0728. The number of pyridine rings is 1. The smallest absolute Gasteiger partial charge is 0.254 e. The predicted molar refractivity (Wildman–Crippen MR) is 91.3 cm³/mol. The Bertz CT molecular complexity index is 927. The van der Waals surface area contributed by atoms with Crippen LogP contribution in [0.25, 0.3) is 5.65 Å². The minimum Gasteiger partial charge on any atom is -0.339 e. The van der Waals surface area contributed by atoms with Crippen molar-refractivity contribution in [3.63, 3.8) is 0 Å². The van der Waals surface area contributed by atoms with E-state index in [0.29, 0.717) is 23.8 Å². The number of fused-ring (bicyclic) bond motifs is 1. The minimum absolute atomic E-state index is 0.0125. The molecule has 1 fully saturated rings. The molecule has 0 N–H and O–H groups in total. The number of aromatic nitrogens is 4. The van der Waals surface area contributed by atoms with Gasteiger partial charge in [0.2, 0.25) is 5.89 Å². The molecule has 1 amide bonds. The Morgan fingerprint density at radius 2 is 2.24 bits per heavy atom. The van der Waals surface area contributed by atoms with E-state index < -0.39 is 0 Å². The molecule has 3 aromatic heterocycles. The molecule has 0 radical (unpaired) electrons. The molecule has 1 aliphatic rings. The number of hydrogen-bond acceptors (Lipinski definition) is 5. The van der Waals surface area contributed by atoms with E-state index in [0.717, 1.165) is 24.2 Å². The van der Waals surface area contributed by atoms with Crippen LogP contribution in [0.15, 0.2) is 29.0 Å². The normalized spacial score (nSPS) is 17.8. The first-order chi connectivity index (χ1) is 12.0. The molecule has 0 bridgehead atoms. The summed E-state index contributed by atoms with van der Waals surface area (Å²) in [7, 11) is 0. The summed E-state index contributed by atoms with van der Waals surface area (Å²) in [5.41, 5.74) is 2.46. The molecule has 1 atom stereocenters. The molecule has 3 aromatic rings. The van der Waals surface area contributed by atoms with Crippen LogP contribution >= 0.6 is 0 Å². The largest absolute Gasteiger partial charge is 0.339 e. The molecule has 4 rings (SSSR count). The number of likely N-dealkylation sites (tertiary alicyclic amines) is 1. The lowest BCUT2D eigenvalue weighted by Crippen LogP contribution is -2.31. The summed E-state index contributed by atoms with van der Waals surface area (Å²) in [6.07, 6.45) is 5.48. The summed E-state index contributed by atoms with van der Waals surface area (Å²) in [5, 5.41) is 4.10. The minimum atomic E-state index is -0.124. The van der Waals surface area contributed by atoms with E-state index in [2.05, 4.69) is 15.1 Å². The van der Waals surface area contributed by atoms with Crippen molar-refractivity contribution in [2.24, 2.45) is 0 Å². The lowest BCUT2D eigenvalue weighted by atomic mass is 10.1. The van der Waals surface area contributed by atoms with Gasteiger partial charge in [-0.1, -0.05) is 19.0 Å². The van der Waals surface area contributed by atoms with Crippen molar-refractivity contribution in [3.8, 4) is 0 Å². The van der Waals surface area contributed by atoms with Crippen LogP contribution in [0, 0.1) is 6.92 Å². The van der Waals surface area contributed by atoms with E-state index in [1.165, 1.54) is 0 Å². The topological polar surface area (TPSA) is 76.5 Å². The molecule has 0 spiro atoms. The van der Waals surface area contributed by atoms with Crippen LogP contribution in [0.4, 0.5) is 0 Å². The summed E-state index contributed by atoms with van der Waals surface area (Å²) in [5.74, 6) is 1.38. The second kappa shape index (κ2) is 5.98. The highest BCUT2D eigenvalue weighted by atomic mass is 16.5. The zero-order valence-corrected chi connectivity index (χ0v) is 14.6. The summed E-state index contributed by atoms with van der Waals surface area (Å²) in [6, 6.07) is 3.55. The van der Waals surface area contributed by atoms with Gasteiger partial charge in [0.1, 0.15) is 5.65 Å². The van der Waals surface area contributed by atoms with E-state index in [-0.39, 0.29) is 17.9 Å². The number of amides is 1. The first-order valence-corrected chi connectivity index (χ1v) is 8.63. The van der Waals surface area contributed by atoms with E-state index in [9.17, 15) is 4.79 Å². The maximum atomic E-state index is 13.0. The van der Waals surface area contributed by atoms with Gasteiger partial charge in [0.15, 0.2) is 5.82 Å². The van der Waals surface area contributed by atoms with Crippen LogP contribution in [-0.4, -0.2) is 36.9 Å². The van der Waals surface area contributed by atoms with Crippen LogP contribution in [0.2, 0.25) is 0 Å². The maximum Gasteiger partial charge on any atom is 0.254 e. The Balaban J connectivity index is 1.62. The number of carbonyl (C=O) groups is 1. The maximum absolute atomic E-state index is 13.0. The molecule has 25 heavy (non-hydrogen) atoms. The Labute approximate surface area is 145 Å². The quantitative estimate of drug-likeness (QED) is 0.733. The van der Waals surface area contributed by atoms with Crippen LogP contribution in [0.1, 0.15) is 66.4 Å². The molecule has 7 heteroatoms. The third-order valence-corrected chi connectivity index (χ3v) is 4.71. The highest BCUT2D eigenvalue weighted by Gasteiger charge is 2.34. The molecule has 0 unspecified atom stereocenters. The zero-order chi connectivity index (χ0) is 17.6. The van der Waals surface area contributed by atoms with E-state index >= 15 is 0 Å². The first kappa shape index (κ1) is 15.8. The van der Waals surface area contributed by atoms with E-state index in [1.807, 2.05) is 48.4 Å². The number of nitrogens with zero attached hydrogens (tertiary/aromatic N) is 5. The molecule has 0 aromatic carbocycles. The molecule has 1 aliphatic heterocycles. The fourth-order valence-electron chi connectivity index (χ4n) is 3.30. The lowest BCUT2D eigenvalue weighted by Gasteiger charge is -2.22.